The summed E-state index contributed by atoms with van der Waals surface area (Å²) in [5.41, 5.74) is 2.85. The van der Waals surface area contributed by atoms with Gasteiger partial charge in [0, 0.05) is 31.0 Å². The van der Waals surface area contributed by atoms with Gasteiger partial charge < -0.3 is 16.0 Å². The first-order chi connectivity index (χ1) is 15.0. The Kier molecular flexibility index (Phi) is 5.94. The highest BCUT2D eigenvalue weighted by Gasteiger charge is 2.15. The molecule has 3 heterocycles. The number of aromatic nitrogens is 4. The number of benzene rings is 1. The molecule has 1 aromatic carbocycles. The fourth-order valence-electron chi connectivity index (χ4n) is 3.11. The third-order valence-electron chi connectivity index (χ3n) is 4.50. The van der Waals surface area contributed by atoms with Gasteiger partial charge in [0.05, 0.1) is 4.88 Å². The minimum atomic E-state index is -0.208. The summed E-state index contributed by atoms with van der Waals surface area (Å²) in [6, 6.07) is 15.1. The number of aryl methyl sites for hydroxylation is 2. The maximum absolute atomic E-state index is 12.7. The van der Waals surface area contributed by atoms with Crippen LogP contribution in [0.15, 0.2) is 53.9 Å². The zero-order valence-electron chi connectivity index (χ0n) is 17.5. The molecule has 3 aromatic heterocycles. The molecule has 0 aliphatic carbocycles. The first-order valence-electron chi connectivity index (χ1n) is 9.87. The average Bonchev–Trinajstić information content (AvgIpc) is 3.39. The number of nitrogens with one attached hydrogen (secondary N) is 3. The van der Waals surface area contributed by atoms with E-state index in [-0.39, 0.29) is 5.91 Å². The van der Waals surface area contributed by atoms with Gasteiger partial charge in [0.1, 0.15) is 28.8 Å². The van der Waals surface area contributed by atoms with E-state index in [2.05, 4.69) is 31.0 Å². The number of anilines is 4. The zero-order chi connectivity index (χ0) is 21.8. The molecule has 3 N–H and O–H groups in total. The molecule has 158 valence electrons. The smallest absolute Gasteiger partial charge is 0.273 e. The van der Waals surface area contributed by atoms with Crippen molar-refractivity contribution in [2.75, 3.05) is 22.5 Å². The molecule has 0 radical (unpaired) electrons. The van der Waals surface area contributed by atoms with Crippen LogP contribution in [0.5, 0.6) is 0 Å². The normalized spacial score (nSPS) is 10.7. The van der Waals surface area contributed by atoms with Gasteiger partial charge in [0.15, 0.2) is 0 Å². The van der Waals surface area contributed by atoms with E-state index in [0.717, 1.165) is 28.6 Å². The quantitative estimate of drug-likeness (QED) is 0.392. The molecular weight excluding hydrogens is 410 g/mol. The van der Waals surface area contributed by atoms with Crippen molar-refractivity contribution >= 4 is 40.3 Å². The Labute approximate surface area is 184 Å². The van der Waals surface area contributed by atoms with E-state index < -0.39 is 0 Å². The van der Waals surface area contributed by atoms with Gasteiger partial charge in [0.2, 0.25) is 0 Å². The Balaban J connectivity index is 1.44. The van der Waals surface area contributed by atoms with E-state index in [0.29, 0.717) is 23.0 Å². The maximum Gasteiger partial charge on any atom is 0.273 e. The van der Waals surface area contributed by atoms with Crippen LogP contribution in [0.4, 0.5) is 23.0 Å². The fraction of sp³-hybridized carbons (Fsp3) is 0.182. The van der Waals surface area contributed by atoms with E-state index in [1.54, 1.807) is 29.1 Å². The fourth-order valence-corrected chi connectivity index (χ4v) is 3.79. The molecule has 0 spiro atoms. The lowest BCUT2D eigenvalue weighted by molar-refractivity contribution is 0.101. The minimum absolute atomic E-state index is 0.208. The predicted octanol–water partition coefficient (Wildman–Crippen LogP) is 4.67. The van der Waals surface area contributed by atoms with Gasteiger partial charge in [-0.25, -0.2) is 9.97 Å². The molecule has 0 aliphatic heterocycles. The van der Waals surface area contributed by atoms with Crippen molar-refractivity contribution in [3.63, 3.8) is 0 Å². The molecule has 4 aromatic rings. The molecule has 0 unspecified atom stereocenters. The van der Waals surface area contributed by atoms with Gasteiger partial charge in [-0.3, -0.25) is 9.48 Å². The van der Waals surface area contributed by atoms with Crippen molar-refractivity contribution in [1.29, 1.82) is 0 Å². The Bertz CT molecular complexity index is 1180. The first kappa shape index (κ1) is 20.5. The molecule has 0 saturated heterocycles. The molecule has 4 rings (SSSR count). The molecule has 31 heavy (non-hydrogen) atoms. The molecule has 0 bridgehead atoms. The lowest BCUT2D eigenvalue weighted by Gasteiger charge is -2.10. The van der Waals surface area contributed by atoms with Crippen LogP contribution in [0.3, 0.4) is 0 Å². The lowest BCUT2D eigenvalue weighted by Crippen LogP contribution is -2.16. The molecule has 9 heteroatoms. The van der Waals surface area contributed by atoms with Gasteiger partial charge in [-0.15, -0.1) is 11.3 Å². The number of thiophene rings is 1. The monoisotopic (exact) mass is 433 g/mol. The molecule has 8 nitrogen and oxygen atoms in total. The molecular formula is C22H23N7OS. The summed E-state index contributed by atoms with van der Waals surface area (Å²) < 4.78 is 1.60. The third-order valence-corrected chi connectivity index (χ3v) is 5.39. The largest absolute Gasteiger partial charge is 0.370 e. The van der Waals surface area contributed by atoms with Crippen molar-refractivity contribution in [3.05, 3.63) is 65.4 Å². The molecule has 0 atom stereocenters. The zero-order valence-corrected chi connectivity index (χ0v) is 18.3. The third kappa shape index (κ3) is 4.89. The second-order valence-corrected chi connectivity index (χ2v) is 7.84. The summed E-state index contributed by atoms with van der Waals surface area (Å²) in [5.74, 6) is 1.96. The topological polar surface area (TPSA) is 96.8 Å². The summed E-state index contributed by atoms with van der Waals surface area (Å²) in [6.07, 6.45) is 0. The Morgan fingerprint density at radius 1 is 1.06 bits per heavy atom. The first-order valence-corrected chi connectivity index (χ1v) is 10.8. The Morgan fingerprint density at radius 2 is 1.81 bits per heavy atom. The lowest BCUT2D eigenvalue weighted by atomic mass is 10.2. The molecule has 1 amide bonds. The van der Waals surface area contributed by atoms with Gasteiger partial charge in [-0.2, -0.15) is 5.10 Å². The summed E-state index contributed by atoms with van der Waals surface area (Å²) in [7, 11) is 1.77. The highest BCUT2D eigenvalue weighted by Crippen LogP contribution is 2.25. The van der Waals surface area contributed by atoms with Crippen molar-refractivity contribution in [2.24, 2.45) is 7.05 Å². The van der Waals surface area contributed by atoms with E-state index in [4.69, 9.17) is 0 Å². The minimum Gasteiger partial charge on any atom is -0.370 e. The number of hydrogen-bond donors (Lipinski definition) is 3. The number of carbonyl (C=O) groups is 1. The summed E-state index contributed by atoms with van der Waals surface area (Å²) in [6.45, 7) is 4.66. The van der Waals surface area contributed by atoms with Gasteiger partial charge in [0.25, 0.3) is 5.91 Å². The highest BCUT2D eigenvalue weighted by atomic mass is 32.1. The summed E-state index contributed by atoms with van der Waals surface area (Å²) >= 11 is 1.59. The number of amides is 1. The highest BCUT2D eigenvalue weighted by molar-refractivity contribution is 7.13. The molecule has 0 aliphatic rings. The van der Waals surface area contributed by atoms with E-state index in [9.17, 15) is 4.79 Å². The Hall–Kier alpha value is -3.72. The predicted molar refractivity (Wildman–Crippen MR) is 125 cm³/mol. The van der Waals surface area contributed by atoms with Crippen LogP contribution in [0.2, 0.25) is 0 Å². The van der Waals surface area contributed by atoms with Crippen LogP contribution in [0.25, 0.3) is 10.6 Å². The van der Waals surface area contributed by atoms with Crippen molar-refractivity contribution in [1.82, 2.24) is 19.7 Å². The Morgan fingerprint density at radius 3 is 2.52 bits per heavy atom. The second kappa shape index (κ2) is 8.97. The molecule has 0 fully saturated rings. The van der Waals surface area contributed by atoms with Crippen LogP contribution in [0, 0.1) is 6.92 Å². The van der Waals surface area contributed by atoms with Crippen LogP contribution in [-0.4, -0.2) is 32.2 Å². The van der Waals surface area contributed by atoms with Crippen molar-refractivity contribution in [3.8, 4) is 10.6 Å². The van der Waals surface area contributed by atoms with Crippen molar-refractivity contribution < 1.29 is 4.79 Å². The van der Waals surface area contributed by atoms with Gasteiger partial charge >= 0.3 is 0 Å². The number of rotatable bonds is 7. The van der Waals surface area contributed by atoms with Gasteiger partial charge in [-0.05, 0) is 55.6 Å². The van der Waals surface area contributed by atoms with E-state index in [1.165, 1.54) is 0 Å². The van der Waals surface area contributed by atoms with Gasteiger partial charge in [-0.1, -0.05) is 6.07 Å². The molecule has 0 saturated carbocycles. The van der Waals surface area contributed by atoms with E-state index in [1.807, 2.05) is 61.7 Å². The number of nitrogens with zero attached hydrogens (tertiary/aromatic N) is 4. The van der Waals surface area contributed by atoms with Crippen LogP contribution in [0.1, 0.15) is 23.2 Å². The SMILES string of the molecule is CCNc1cc(Nc2ccc(NC(=O)c3cc(-c4cccs4)nn3C)cc2)nc(C)n1. The summed E-state index contributed by atoms with van der Waals surface area (Å²) in [5, 5.41) is 15.8. The second-order valence-electron chi connectivity index (χ2n) is 6.89. The van der Waals surface area contributed by atoms with Crippen molar-refractivity contribution in [2.45, 2.75) is 13.8 Å². The number of hydrogen-bond acceptors (Lipinski definition) is 7. The maximum atomic E-state index is 12.7. The standard InChI is InChI=1S/C22H23N7OS/c1-4-23-20-13-21(25-14(2)24-20)26-15-7-9-16(10-8-15)27-22(30)18-12-17(28-29(18)3)19-6-5-11-31-19/h5-13H,4H2,1-3H3,(H,27,30)(H2,23,24,25,26). The summed E-state index contributed by atoms with van der Waals surface area (Å²) in [4.78, 5) is 22.5. The van der Waals surface area contributed by atoms with Crippen LogP contribution >= 0.6 is 11.3 Å². The van der Waals surface area contributed by atoms with Crippen LogP contribution < -0.4 is 16.0 Å². The number of carbonyl (C=O) groups excluding carboxylic acids is 1. The van der Waals surface area contributed by atoms with Crippen LogP contribution in [-0.2, 0) is 7.05 Å². The van der Waals surface area contributed by atoms with E-state index >= 15 is 0 Å². The average molecular weight is 434 g/mol.